The van der Waals surface area contributed by atoms with Crippen LogP contribution in [-0.4, -0.2) is 71.5 Å². The van der Waals surface area contributed by atoms with Gasteiger partial charge in [-0.2, -0.15) is 0 Å². The first kappa shape index (κ1) is 28.6. The lowest BCUT2D eigenvalue weighted by Gasteiger charge is -2.53. The van der Waals surface area contributed by atoms with E-state index in [1.54, 1.807) is 0 Å². The monoisotopic (exact) mass is 534 g/mol. The predicted octanol–water partition coefficient (Wildman–Crippen LogP) is 3.90. The van der Waals surface area contributed by atoms with Gasteiger partial charge in [-0.1, -0.05) is 67.6 Å². The number of carbonyl (C=O) groups is 3. The molecule has 39 heavy (non-hydrogen) atoms. The number of nitrogens with one attached hydrogen (secondary N) is 2. The molecule has 2 N–H and O–H groups in total. The molecule has 2 saturated heterocycles. The van der Waals surface area contributed by atoms with E-state index in [9.17, 15) is 14.4 Å². The molecule has 0 saturated carbocycles. The third-order valence-corrected chi connectivity index (χ3v) is 8.15. The number of likely N-dealkylation sites (tertiary alicyclic amines) is 1. The van der Waals surface area contributed by atoms with Crippen LogP contribution in [0.1, 0.15) is 57.1 Å². The number of amides is 3. The molecule has 0 aromatic heterocycles. The first-order valence-corrected chi connectivity index (χ1v) is 14.3. The average molecular weight is 535 g/mol. The topological polar surface area (TPSA) is 91.0 Å². The van der Waals surface area contributed by atoms with E-state index in [0.29, 0.717) is 32.2 Å². The minimum Gasteiger partial charge on any atom is -0.445 e. The lowest BCUT2D eigenvalue weighted by Crippen LogP contribution is -2.74. The van der Waals surface area contributed by atoms with E-state index in [4.69, 9.17) is 4.74 Å². The molecule has 2 aliphatic heterocycles. The van der Waals surface area contributed by atoms with Gasteiger partial charge >= 0.3 is 6.09 Å². The molecular formula is C31H42N4O4. The van der Waals surface area contributed by atoms with Gasteiger partial charge < -0.3 is 25.2 Å². The summed E-state index contributed by atoms with van der Waals surface area (Å²) in [5.74, 6) is -0.0429. The molecule has 0 radical (unpaired) electrons. The Hall–Kier alpha value is -3.39. The van der Waals surface area contributed by atoms with Gasteiger partial charge in [0, 0.05) is 32.2 Å². The van der Waals surface area contributed by atoms with Crippen molar-refractivity contribution < 1.29 is 19.1 Å². The minimum absolute atomic E-state index is 0.00617. The molecular weight excluding hydrogens is 492 g/mol. The number of piperidine rings is 1. The van der Waals surface area contributed by atoms with Gasteiger partial charge in [-0.3, -0.25) is 9.59 Å². The van der Waals surface area contributed by atoms with E-state index in [-0.39, 0.29) is 24.5 Å². The second-order valence-corrected chi connectivity index (χ2v) is 10.7. The Morgan fingerprint density at radius 3 is 2.33 bits per heavy atom. The van der Waals surface area contributed by atoms with Crippen LogP contribution in [0.4, 0.5) is 4.79 Å². The Labute approximate surface area is 232 Å². The molecule has 8 heteroatoms. The highest BCUT2D eigenvalue weighted by Crippen LogP contribution is 2.35. The van der Waals surface area contributed by atoms with Crippen LogP contribution in [0.2, 0.25) is 0 Å². The maximum absolute atomic E-state index is 13.7. The fraction of sp³-hybridized carbons (Fsp3) is 0.516. The highest BCUT2D eigenvalue weighted by molar-refractivity contribution is 6.00. The largest absolute Gasteiger partial charge is 0.445 e. The van der Waals surface area contributed by atoms with E-state index < -0.39 is 17.7 Å². The average Bonchev–Trinajstić information content (AvgIpc) is 2.97. The summed E-state index contributed by atoms with van der Waals surface area (Å²) in [7, 11) is 0. The molecule has 1 unspecified atom stereocenters. The van der Waals surface area contributed by atoms with E-state index in [0.717, 1.165) is 38.0 Å². The summed E-state index contributed by atoms with van der Waals surface area (Å²) in [6, 6.07) is 19.4. The summed E-state index contributed by atoms with van der Waals surface area (Å²) in [4.78, 5) is 43.6. The number of nitrogens with zero attached hydrogens (tertiary/aromatic N) is 2. The number of hydrogen-bond acceptors (Lipinski definition) is 5. The van der Waals surface area contributed by atoms with Crippen LogP contribution in [0.25, 0.3) is 0 Å². The molecule has 3 amide bonds. The van der Waals surface area contributed by atoms with Gasteiger partial charge in [0.1, 0.15) is 18.2 Å². The van der Waals surface area contributed by atoms with Crippen molar-refractivity contribution in [2.45, 2.75) is 76.6 Å². The standard InChI is InChI=1S/C31H42N4O4/c1-3-24(2)35-28(36)27(15-10-19-32-30(38)39-23-26-13-8-5-9-14-26)33-29(37)31(35)17-21-34(22-18-31)20-16-25-11-6-4-7-12-25/h4-9,11-14,24,27H,3,10,15-23H2,1-2H3,(H,32,38)(H,33,37)/t24?,27-/m0/s1. The Kier molecular flexibility index (Phi) is 9.98. The van der Waals surface area contributed by atoms with Gasteiger partial charge in [0.25, 0.3) is 0 Å². The van der Waals surface area contributed by atoms with Crippen LogP contribution in [-0.2, 0) is 27.4 Å². The Balaban J connectivity index is 1.27. The van der Waals surface area contributed by atoms with Gasteiger partial charge in [0.15, 0.2) is 0 Å². The van der Waals surface area contributed by atoms with Crippen LogP contribution in [0.3, 0.4) is 0 Å². The smallest absolute Gasteiger partial charge is 0.407 e. The van der Waals surface area contributed by atoms with Gasteiger partial charge in [-0.05, 0) is 56.6 Å². The number of alkyl carbamates (subject to hydrolysis) is 1. The molecule has 2 atom stereocenters. The molecule has 2 aromatic rings. The molecule has 2 fully saturated rings. The molecule has 8 nitrogen and oxygen atoms in total. The Morgan fingerprint density at radius 1 is 1.05 bits per heavy atom. The van der Waals surface area contributed by atoms with Crippen LogP contribution in [0.5, 0.6) is 0 Å². The maximum atomic E-state index is 13.7. The van der Waals surface area contributed by atoms with E-state index in [1.165, 1.54) is 5.56 Å². The summed E-state index contributed by atoms with van der Waals surface area (Å²) in [6.45, 7) is 7.22. The molecule has 2 aliphatic rings. The molecule has 0 aliphatic carbocycles. The summed E-state index contributed by atoms with van der Waals surface area (Å²) >= 11 is 0. The summed E-state index contributed by atoms with van der Waals surface area (Å²) in [5, 5.41) is 5.80. The van der Waals surface area contributed by atoms with Crippen molar-refractivity contribution in [3.8, 4) is 0 Å². The summed E-state index contributed by atoms with van der Waals surface area (Å²) in [6.07, 6.45) is 3.60. The lowest BCUT2D eigenvalue weighted by molar-refractivity contribution is -0.165. The molecule has 210 valence electrons. The second-order valence-electron chi connectivity index (χ2n) is 10.7. The van der Waals surface area contributed by atoms with Crippen LogP contribution < -0.4 is 10.6 Å². The number of rotatable bonds is 11. The maximum Gasteiger partial charge on any atom is 0.407 e. The van der Waals surface area contributed by atoms with E-state index >= 15 is 0 Å². The normalized spacial score (nSPS) is 19.9. The van der Waals surface area contributed by atoms with Crippen molar-refractivity contribution in [3.05, 3.63) is 71.8 Å². The fourth-order valence-electron chi connectivity index (χ4n) is 5.68. The highest BCUT2D eigenvalue weighted by atomic mass is 16.5. The van der Waals surface area contributed by atoms with Gasteiger partial charge in [-0.25, -0.2) is 4.79 Å². The predicted molar refractivity (Wildman–Crippen MR) is 151 cm³/mol. The number of piperazine rings is 1. The van der Waals surface area contributed by atoms with Gasteiger partial charge in [-0.15, -0.1) is 0 Å². The van der Waals surface area contributed by atoms with Gasteiger partial charge in [0.2, 0.25) is 11.8 Å². The number of ether oxygens (including phenoxy) is 1. The molecule has 1 spiro atoms. The van der Waals surface area contributed by atoms with Crippen molar-refractivity contribution in [3.63, 3.8) is 0 Å². The third kappa shape index (κ3) is 7.18. The second kappa shape index (κ2) is 13.6. The van der Waals surface area contributed by atoms with Crippen molar-refractivity contribution in [2.75, 3.05) is 26.2 Å². The highest BCUT2D eigenvalue weighted by Gasteiger charge is 2.54. The first-order valence-electron chi connectivity index (χ1n) is 14.3. The number of hydrogen-bond donors (Lipinski definition) is 2. The zero-order chi connectivity index (χ0) is 27.7. The third-order valence-electron chi connectivity index (χ3n) is 8.15. The lowest BCUT2D eigenvalue weighted by atomic mass is 9.80. The SMILES string of the molecule is CCC(C)N1C(=O)[C@H](CCCNC(=O)OCc2ccccc2)NC(=O)C12CCN(CCc1ccccc1)CC2. The quantitative estimate of drug-likeness (QED) is 0.427. The zero-order valence-corrected chi connectivity index (χ0v) is 23.2. The fourth-order valence-corrected chi connectivity index (χ4v) is 5.68. The van der Waals surface area contributed by atoms with Crippen LogP contribution >= 0.6 is 0 Å². The number of carbonyl (C=O) groups excluding carboxylic acids is 3. The Bertz CT molecular complexity index is 1090. The van der Waals surface area contributed by atoms with E-state index in [1.807, 2.05) is 48.2 Å². The Morgan fingerprint density at radius 2 is 1.69 bits per heavy atom. The summed E-state index contributed by atoms with van der Waals surface area (Å²) in [5.41, 5.74) is 1.45. The minimum atomic E-state index is -0.786. The molecule has 0 bridgehead atoms. The first-order chi connectivity index (χ1) is 18.9. The molecule has 2 heterocycles. The molecule has 4 rings (SSSR count). The number of benzene rings is 2. The van der Waals surface area contributed by atoms with Crippen LogP contribution in [0, 0.1) is 0 Å². The van der Waals surface area contributed by atoms with Crippen molar-refractivity contribution in [1.82, 2.24) is 20.4 Å². The van der Waals surface area contributed by atoms with Crippen LogP contribution in [0.15, 0.2) is 60.7 Å². The van der Waals surface area contributed by atoms with Gasteiger partial charge in [0.05, 0.1) is 0 Å². The van der Waals surface area contributed by atoms with Crippen molar-refractivity contribution >= 4 is 17.9 Å². The zero-order valence-electron chi connectivity index (χ0n) is 23.2. The van der Waals surface area contributed by atoms with Crippen molar-refractivity contribution in [2.24, 2.45) is 0 Å². The van der Waals surface area contributed by atoms with E-state index in [2.05, 4.69) is 46.7 Å². The summed E-state index contributed by atoms with van der Waals surface area (Å²) < 4.78 is 5.25. The van der Waals surface area contributed by atoms with Crippen molar-refractivity contribution in [1.29, 1.82) is 0 Å². The molecule has 2 aromatic carbocycles.